The topological polar surface area (TPSA) is 75.7 Å². The highest BCUT2D eigenvalue weighted by molar-refractivity contribution is 7.18. The second-order valence-corrected chi connectivity index (χ2v) is 8.75. The fourth-order valence-corrected chi connectivity index (χ4v) is 4.70. The summed E-state index contributed by atoms with van der Waals surface area (Å²) in [6.07, 6.45) is 9.72. The molecule has 0 aliphatic rings. The molecule has 1 heterocycles. The zero-order valence-electron chi connectivity index (χ0n) is 20.0. The van der Waals surface area contributed by atoms with E-state index >= 15 is 0 Å². The van der Waals surface area contributed by atoms with Crippen molar-refractivity contribution < 1.29 is 19.1 Å². The van der Waals surface area contributed by atoms with Crippen LogP contribution < -0.4 is 5.32 Å². The van der Waals surface area contributed by atoms with Gasteiger partial charge in [0.15, 0.2) is 0 Å². The molecule has 7 heteroatoms. The van der Waals surface area contributed by atoms with Gasteiger partial charge in [-0.2, -0.15) is 0 Å². The molecule has 0 aliphatic carbocycles. The molecule has 2 amide bonds. The number of thiophene rings is 1. The van der Waals surface area contributed by atoms with Crippen LogP contribution in [0.1, 0.15) is 111 Å². The van der Waals surface area contributed by atoms with E-state index in [0.29, 0.717) is 40.5 Å². The molecule has 0 radical (unpaired) electrons. The van der Waals surface area contributed by atoms with Crippen LogP contribution in [0, 0.1) is 6.92 Å². The summed E-state index contributed by atoms with van der Waals surface area (Å²) in [6, 6.07) is 0. The molecule has 0 bridgehead atoms. The molecule has 0 unspecified atom stereocenters. The second-order valence-electron chi connectivity index (χ2n) is 7.73. The Morgan fingerprint density at radius 3 is 2.03 bits per heavy atom. The van der Waals surface area contributed by atoms with Gasteiger partial charge in [0, 0.05) is 19.5 Å². The molecular weight excluding hydrogens is 412 g/mol. The van der Waals surface area contributed by atoms with Crippen LogP contribution in [0.25, 0.3) is 0 Å². The Morgan fingerprint density at radius 1 is 0.903 bits per heavy atom. The average Bonchev–Trinajstić information content (AvgIpc) is 3.06. The zero-order chi connectivity index (χ0) is 23.2. The summed E-state index contributed by atoms with van der Waals surface area (Å²) in [5.74, 6) is -0.751. The number of nitrogens with one attached hydrogen (secondary N) is 1. The predicted molar refractivity (Wildman–Crippen MR) is 128 cm³/mol. The van der Waals surface area contributed by atoms with Crippen LogP contribution in [-0.2, 0) is 9.53 Å². The van der Waals surface area contributed by atoms with Gasteiger partial charge in [-0.05, 0) is 39.7 Å². The standard InChI is InChI=1S/C24H40N2O4S/c1-6-10-11-12-13-14-15-16-17-19(27)25-22-20(24(29)30-9-4)18(5)21(31-22)23(28)26(7-2)8-3/h6-17H2,1-5H3,(H,25,27). The highest BCUT2D eigenvalue weighted by atomic mass is 32.1. The Labute approximate surface area is 191 Å². The first-order chi connectivity index (χ1) is 14.9. The van der Waals surface area contributed by atoms with Crippen LogP contribution in [0.5, 0.6) is 0 Å². The lowest BCUT2D eigenvalue weighted by atomic mass is 10.1. The lowest BCUT2D eigenvalue weighted by Gasteiger charge is -2.18. The number of hydrogen-bond acceptors (Lipinski definition) is 5. The molecule has 0 fully saturated rings. The van der Waals surface area contributed by atoms with E-state index in [1.807, 2.05) is 13.8 Å². The predicted octanol–water partition coefficient (Wildman–Crippen LogP) is 6.18. The SMILES string of the molecule is CCCCCCCCCCC(=O)Nc1sc(C(=O)N(CC)CC)c(C)c1C(=O)OCC. The summed E-state index contributed by atoms with van der Waals surface area (Å²) in [7, 11) is 0. The molecule has 1 aromatic rings. The summed E-state index contributed by atoms with van der Waals surface area (Å²) in [5, 5.41) is 3.28. The minimum atomic E-state index is -0.503. The molecular formula is C24H40N2O4S. The molecule has 0 aliphatic heterocycles. The van der Waals surface area contributed by atoms with E-state index in [9.17, 15) is 14.4 Å². The number of hydrogen-bond donors (Lipinski definition) is 1. The molecule has 1 aromatic heterocycles. The molecule has 1 rings (SSSR count). The molecule has 176 valence electrons. The monoisotopic (exact) mass is 452 g/mol. The average molecular weight is 453 g/mol. The smallest absolute Gasteiger partial charge is 0.341 e. The molecule has 0 saturated heterocycles. The maximum atomic E-state index is 12.9. The van der Waals surface area contributed by atoms with E-state index in [1.165, 1.54) is 43.4 Å². The normalized spacial score (nSPS) is 10.7. The van der Waals surface area contributed by atoms with Gasteiger partial charge >= 0.3 is 5.97 Å². The number of carbonyl (C=O) groups excluding carboxylic acids is 3. The first-order valence-corrected chi connectivity index (χ1v) is 12.6. The summed E-state index contributed by atoms with van der Waals surface area (Å²) in [6.45, 7) is 10.9. The van der Waals surface area contributed by atoms with Crippen molar-refractivity contribution in [2.75, 3.05) is 25.0 Å². The van der Waals surface area contributed by atoms with Crippen molar-refractivity contribution >= 4 is 34.1 Å². The maximum absolute atomic E-state index is 12.9. The first kappa shape index (κ1) is 27.1. The molecule has 6 nitrogen and oxygen atoms in total. The Bertz CT molecular complexity index is 711. The van der Waals surface area contributed by atoms with E-state index < -0.39 is 5.97 Å². The lowest BCUT2D eigenvalue weighted by Crippen LogP contribution is -2.30. The minimum absolute atomic E-state index is 0.123. The van der Waals surface area contributed by atoms with Crippen molar-refractivity contribution in [3.63, 3.8) is 0 Å². The number of ether oxygens (including phenoxy) is 1. The largest absolute Gasteiger partial charge is 0.462 e. The van der Waals surface area contributed by atoms with Crippen molar-refractivity contribution in [3.05, 3.63) is 16.0 Å². The van der Waals surface area contributed by atoms with E-state index in [0.717, 1.165) is 19.3 Å². The van der Waals surface area contributed by atoms with E-state index in [1.54, 1.807) is 18.7 Å². The quantitative estimate of drug-likeness (QED) is 0.254. The van der Waals surface area contributed by atoms with Gasteiger partial charge in [0.25, 0.3) is 5.91 Å². The van der Waals surface area contributed by atoms with Gasteiger partial charge < -0.3 is 15.0 Å². The van der Waals surface area contributed by atoms with E-state index in [2.05, 4.69) is 12.2 Å². The van der Waals surface area contributed by atoms with E-state index in [-0.39, 0.29) is 18.4 Å². The third-order valence-electron chi connectivity index (χ3n) is 5.38. The first-order valence-electron chi connectivity index (χ1n) is 11.8. The Morgan fingerprint density at radius 2 is 1.48 bits per heavy atom. The highest BCUT2D eigenvalue weighted by Gasteiger charge is 2.28. The zero-order valence-corrected chi connectivity index (χ0v) is 20.8. The van der Waals surface area contributed by atoms with Crippen molar-refractivity contribution in [3.8, 4) is 0 Å². The molecule has 0 aromatic carbocycles. The summed E-state index contributed by atoms with van der Waals surface area (Å²) < 4.78 is 5.18. The molecule has 31 heavy (non-hydrogen) atoms. The summed E-state index contributed by atoms with van der Waals surface area (Å²) in [5.41, 5.74) is 0.870. The van der Waals surface area contributed by atoms with Crippen LogP contribution in [0.2, 0.25) is 0 Å². The van der Waals surface area contributed by atoms with E-state index in [4.69, 9.17) is 4.74 Å². The third kappa shape index (κ3) is 8.63. The van der Waals surface area contributed by atoms with Crippen molar-refractivity contribution in [2.24, 2.45) is 0 Å². The number of carbonyl (C=O) groups is 3. The minimum Gasteiger partial charge on any atom is -0.462 e. The van der Waals surface area contributed by atoms with Crippen LogP contribution in [0.15, 0.2) is 0 Å². The Hall–Kier alpha value is -1.89. The van der Waals surface area contributed by atoms with Gasteiger partial charge in [-0.1, -0.05) is 51.9 Å². The fraction of sp³-hybridized carbons (Fsp3) is 0.708. The molecule has 0 spiro atoms. The van der Waals surface area contributed by atoms with Crippen molar-refractivity contribution in [1.29, 1.82) is 0 Å². The second kappa shape index (κ2) is 15.0. The lowest BCUT2D eigenvalue weighted by molar-refractivity contribution is -0.116. The Kier molecular flexibility index (Phi) is 13.1. The summed E-state index contributed by atoms with van der Waals surface area (Å²) in [4.78, 5) is 40.1. The van der Waals surface area contributed by atoms with Gasteiger partial charge in [0.2, 0.25) is 5.91 Å². The van der Waals surface area contributed by atoms with Crippen molar-refractivity contribution in [1.82, 2.24) is 4.90 Å². The maximum Gasteiger partial charge on any atom is 0.341 e. The highest BCUT2D eigenvalue weighted by Crippen LogP contribution is 2.35. The van der Waals surface area contributed by atoms with Crippen LogP contribution in [0.3, 0.4) is 0 Å². The molecule has 0 saturated carbocycles. The number of esters is 1. The van der Waals surface area contributed by atoms with Crippen LogP contribution >= 0.6 is 11.3 Å². The number of anilines is 1. The van der Waals surface area contributed by atoms with Gasteiger partial charge in [0.1, 0.15) is 5.00 Å². The van der Waals surface area contributed by atoms with Gasteiger partial charge in [0.05, 0.1) is 17.0 Å². The summed E-state index contributed by atoms with van der Waals surface area (Å²) >= 11 is 1.17. The Balaban J connectivity index is 2.78. The van der Waals surface area contributed by atoms with Crippen LogP contribution in [0.4, 0.5) is 5.00 Å². The molecule has 0 atom stereocenters. The van der Waals surface area contributed by atoms with Gasteiger partial charge in [-0.3, -0.25) is 9.59 Å². The number of amides is 2. The van der Waals surface area contributed by atoms with Crippen LogP contribution in [-0.4, -0.2) is 42.4 Å². The third-order valence-corrected chi connectivity index (χ3v) is 6.58. The fourth-order valence-electron chi connectivity index (χ4n) is 3.52. The number of nitrogens with zero attached hydrogens (tertiary/aromatic N) is 1. The van der Waals surface area contributed by atoms with Gasteiger partial charge in [-0.15, -0.1) is 11.3 Å². The number of unbranched alkanes of at least 4 members (excludes halogenated alkanes) is 7. The number of rotatable bonds is 15. The van der Waals surface area contributed by atoms with Crippen molar-refractivity contribution in [2.45, 2.75) is 92.4 Å². The molecule has 1 N–H and O–H groups in total. The van der Waals surface area contributed by atoms with Gasteiger partial charge in [-0.25, -0.2) is 4.79 Å².